The van der Waals surface area contributed by atoms with Crippen molar-refractivity contribution in [2.75, 3.05) is 19.6 Å². The van der Waals surface area contributed by atoms with Crippen LogP contribution in [0.25, 0.3) is 0 Å². The van der Waals surface area contributed by atoms with Crippen LogP contribution in [-0.4, -0.2) is 34.7 Å². The first kappa shape index (κ1) is 16.6. The van der Waals surface area contributed by atoms with Crippen LogP contribution in [0.2, 0.25) is 0 Å². The van der Waals surface area contributed by atoms with Crippen molar-refractivity contribution < 1.29 is 4.52 Å². The van der Waals surface area contributed by atoms with Crippen LogP contribution in [-0.2, 0) is 18.4 Å². The van der Waals surface area contributed by atoms with Gasteiger partial charge >= 0.3 is 0 Å². The van der Waals surface area contributed by atoms with E-state index in [0.29, 0.717) is 19.0 Å². The zero-order chi connectivity index (χ0) is 16.0. The molecule has 0 fully saturated rings. The number of nitrogens with two attached hydrogens (primary N) is 1. The standard InChI is InChI=1S/C17H26N4O/c1-17(2,3)16-19-15(20-22-16)13-21(12-10-18)11-9-14-7-5-4-6-8-14/h4-8H,9-13,18H2,1-3H3. The summed E-state index contributed by atoms with van der Waals surface area (Å²) >= 11 is 0. The second-order valence-corrected chi connectivity index (χ2v) is 6.57. The second-order valence-electron chi connectivity index (χ2n) is 6.57. The van der Waals surface area contributed by atoms with Crippen LogP contribution in [0.4, 0.5) is 0 Å². The van der Waals surface area contributed by atoms with Gasteiger partial charge in [0.05, 0.1) is 6.54 Å². The van der Waals surface area contributed by atoms with Gasteiger partial charge in [-0.05, 0) is 12.0 Å². The smallest absolute Gasteiger partial charge is 0.232 e. The molecule has 1 aromatic heterocycles. The maximum atomic E-state index is 5.72. The van der Waals surface area contributed by atoms with Gasteiger partial charge in [0.2, 0.25) is 5.89 Å². The molecule has 2 aromatic rings. The van der Waals surface area contributed by atoms with E-state index >= 15 is 0 Å². The Morgan fingerprint density at radius 1 is 1.14 bits per heavy atom. The predicted octanol–water partition coefficient (Wildman–Crippen LogP) is 2.37. The molecule has 120 valence electrons. The van der Waals surface area contributed by atoms with Crippen LogP contribution in [0.15, 0.2) is 34.9 Å². The summed E-state index contributed by atoms with van der Waals surface area (Å²) in [5, 5.41) is 4.09. The number of rotatable bonds is 7. The Labute approximate surface area is 132 Å². The summed E-state index contributed by atoms with van der Waals surface area (Å²) in [7, 11) is 0. The van der Waals surface area contributed by atoms with Crippen molar-refractivity contribution in [2.24, 2.45) is 5.73 Å². The Balaban J connectivity index is 1.95. The first-order chi connectivity index (χ1) is 10.5. The summed E-state index contributed by atoms with van der Waals surface area (Å²) in [6.45, 7) is 9.25. The quantitative estimate of drug-likeness (QED) is 0.850. The molecule has 0 aliphatic carbocycles. The molecule has 1 heterocycles. The third-order valence-corrected chi connectivity index (χ3v) is 3.48. The predicted molar refractivity (Wildman–Crippen MR) is 87.5 cm³/mol. The van der Waals surface area contributed by atoms with E-state index < -0.39 is 0 Å². The Morgan fingerprint density at radius 3 is 2.45 bits per heavy atom. The fraction of sp³-hybridized carbons (Fsp3) is 0.529. The fourth-order valence-electron chi connectivity index (χ4n) is 2.21. The molecule has 0 saturated heterocycles. The summed E-state index contributed by atoms with van der Waals surface area (Å²) in [5.41, 5.74) is 6.93. The lowest BCUT2D eigenvalue weighted by Gasteiger charge is -2.19. The number of hydrogen-bond donors (Lipinski definition) is 1. The van der Waals surface area contributed by atoms with Gasteiger partial charge < -0.3 is 10.3 Å². The molecule has 0 atom stereocenters. The third-order valence-electron chi connectivity index (χ3n) is 3.48. The molecule has 2 N–H and O–H groups in total. The van der Waals surface area contributed by atoms with E-state index in [4.69, 9.17) is 10.3 Å². The topological polar surface area (TPSA) is 68.2 Å². The van der Waals surface area contributed by atoms with Gasteiger partial charge in [0.25, 0.3) is 0 Å². The largest absolute Gasteiger partial charge is 0.339 e. The van der Waals surface area contributed by atoms with E-state index in [2.05, 4.69) is 60.1 Å². The summed E-state index contributed by atoms with van der Waals surface area (Å²) in [4.78, 5) is 6.77. The van der Waals surface area contributed by atoms with Gasteiger partial charge in [-0.15, -0.1) is 0 Å². The molecule has 0 bridgehead atoms. The van der Waals surface area contributed by atoms with E-state index in [-0.39, 0.29) is 5.41 Å². The molecule has 0 unspecified atom stereocenters. The minimum Gasteiger partial charge on any atom is -0.339 e. The maximum Gasteiger partial charge on any atom is 0.232 e. The minimum absolute atomic E-state index is 0.117. The molecule has 0 amide bonds. The van der Waals surface area contributed by atoms with Crippen molar-refractivity contribution in [1.82, 2.24) is 15.0 Å². The molecule has 5 nitrogen and oxygen atoms in total. The maximum absolute atomic E-state index is 5.72. The van der Waals surface area contributed by atoms with Crippen molar-refractivity contribution in [3.8, 4) is 0 Å². The number of aromatic nitrogens is 2. The Hall–Kier alpha value is -1.72. The number of nitrogens with zero attached hydrogens (tertiary/aromatic N) is 3. The minimum atomic E-state index is -0.117. The summed E-state index contributed by atoms with van der Waals surface area (Å²) in [6.07, 6.45) is 0.991. The van der Waals surface area contributed by atoms with Gasteiger partial charge in [0.1, 0.15) is 0 Å². The lowest BCUT2D eigenvalue weighted by molar-refractivity contribution is 0.262. The fourth-order valence-corrected chi connectivity index (χ4v) is 2.21. The van der Waals surface area contributed by atoms with Crippen LogP contribution < -0.4 is 5.73 Å². The van der Waals surface area contributed by atoms with Crippen molar-refractivity contribution in [1.29, 1.82) is 0 Å². The van der Waals surface area contributed by atoms with Gasteiger partial charge in [0.15, 0.2) is 5.82 Å². The van der Waals surface area contributed by atoms with Gasteiger partial charge in [-0.1, -0.05) is 56.3 Å². The lowest BCUT2D eigenvalue weighted by atomic mass is 9.97. The monoisotopic (exact) mass is 302 g/mol. The number of hydrogen-bond acceptors (Lipinski definition) is 5. The Kier molecular flexibility index (Phi) is 5.69. The summed E-state index contributed by atoms with van der Waals surface area (Å²) in [6, 6.07) is 10.5. The first-order valence-electron chi connectivity index (χ1n) is 7.78. The molecule has 0 saturated carbocycles. The normalized spacial score (nSPS) is 12.0. The highest BCUT2D eigenvalue weighted by Gasteiger charge is 2.22. The molecule has 0 aliphatic heterocycles. The Morgan fingerprint density at radius 2 is 1.86 bits per heavy atom. The average Bonchev–Trinajstić information content (AvgIpc) is 2.95. The number of benzene rings is 1. The van der Waals surface area contributed by atoms with Gasteiger partial charge in [-0.25, -0.2) is 0 Å². The van der Waals surface area contributed by atoms with Crippen LogP contribution >= 0.6 is 0 Å². The SMILES string of the molecule is CC(C)(C)c1nc(CN(CCN)CCc2ccccc2)no1. The molecule has 0 radical (unpaired) electrons. The van der Waals surface area contributed by atoms with E-state index in [1.54, 1.807) is 0 Å². The van der Waals surface area contributed by atoms with Crippen LogP contribution in [0.5, 0.6) is 0 Å². The zero-order valence-corrected chi connectivity index (χ0v) is 13.7. The molecule has 5 heteroatoms. The first-order valence-corrected chi connectivity index (χ1v) is 7.78. The molecule has 2 rings (SSSR count). The molecule has 0 aliphatic rings. The average molecular weight is 302 g/mol. The van der Waals surface area contributed by atoms with Gasteiger partial charge in [-0.3, -0.25) is 4.90 Å². The highest BCUT2D eigenvalue weighted by atomic mass is 16.5. The molecule has 0 spiro atoms. The third kappa shape index (κ3) is 4.93. The van der Waals surface area contributed by atoms with Crippen molar-refractivity contribution in [3.63, 3.8) is 0 Å². The van der Waals surface area contributed by atoms with E-state index in [0.717, 1.165) is 25.3 Å². The van der Waals surface area contributed by atoms with Crippen LogP contribution in [0, 0.1) is 0 Å². The molecular formula is C17H26N4O. The van der Waals surface area contributed by atoms with Crippen LogP contribution in [0.3, 0.4) is 0 Å². The lowest BCUT2D eigenvalue weighted by Crippen LogP contribution is -2.31. The highest BCUT2D eigenvalue weighted by molar-refractivity contribution is 5.14. The summed E-state index contributed by atoms with van der Waals surface area (Å²) < 4.78 is 5.35. The molecular weight excluding hydrogens is 276 g/mol. The second kappa shape index (κ2) is 7.51. The zero-order valence-electron chi connectivity index (χ0n) is 13.7. The highest BCUT2D eigenvalue weighted by Crippen LogP contribution is 2.20. The van der Waals surface area contributed by atoms with Gasteiger partial charge in [-0.2, -0.15) is 4.98 Å². The molecule has 22 heavy (non-hydrogen) atoms. The Bertz CT molecular complexity index is 560. The van der Waals surface area contributed by atoms with E-state index in [9.17, 15) is 0 Å². The van der Waals surface area contributed by atoms with E-state index in [1.807, 2.05) is 6.07 Å². The van der Waals surface area contributed by atoms with Crippen molar-refractivity contribution in [3.05, 3.63) is 47.6 Å². The van der Waals surface area contributed by atoms with E-state index in [1.165, 1.54) is 5.56 Å². The summed E-state index contributed by atoms with van der Waals surface area (Å²) in [5.74, 6) is 1.41. The van der Waals surface area contributed by atoms with Crippen molar-refractivity contribution in [2.45, 2.75) is 39.2 Å². The van der Waals surface area contributed by atoms with Crippen LogP contribution in [0.1, 0.15) is 38.0 Å². The molecule has 1 aromatic carbocycles. The van der Waals surface area contributed by atoms with Crippen molar-refractivity contribution >= 4 is 0 Å². The van der Waals surface area contributed by atoms with Gasteiger partial charge in [0, 0.05) is 25.0 Å².